The number of hydrogen-bond donors (Lipinski definition) is 2. The average Bonchev–Trinajstić information content (AvgIpc) is 3.16. The Morgan fingerprint density at radius 1 is 1.27 bits per heavy atom. The number of H-pyrrole nitrogens is 1. The number of aromatic amines is 1. The van der Waals surface area contributed by atoms with Crippen LogP contribution in [0.2, 0.25) is 0 Å². The van der Waals surface area contributed by atoms with Gasteiger partial charge >= 0.3 is 0 Å². The summed E-state index contributed by atoms with van der Waals surface area (Å²) in [5.41, 5.74) is 4.15. The normalized spacial score (nSPS) is 18.7. The Balaban J connectivity index is 1.48. The summed E-state index contributed by atoms with van der Waals surface area (Å²) >= 11 is 0. The van der Waals surface area contributed by atoms with Crippen molar-refractivity contribution in [1.82, 2.24) is 20.5 Å². The first-order chi connectivity index (χ1) is 10.8. The summed E-state index contributed by atoms with van der Waals surface area (Å²) in [6, 6.07) is 6.78. The van der Waals surface area contributed by atoms with Gasteiger partial charge in [-0.15, -0.1) is 0 Å². The smallest absolute Gasteiger partial charge is 0.153 e. The quantitative estimate of drug-likeness (QED) is 0.908. The molecule has 1 saturated heterocycles. The molecule has 116 valence electrons. The number of benzene rings is 1. The van der Waals surface area contributed by atoms with Crippen LogP contribution in [0.4, 0.5) is 5.69 Å². The number of piperidine rings is 1. The lowest BCUT2D eigenvalue weighted by molar-refractivity contribution is 0.446. The molecule has 1 aromatic heterocycles. The van der Waals surface area contributed by atoms with E-state index in [9.17, 15) is 0 Å². The van der Waals surface area contributed by atoms with Crippen molar-refractivity contribution in [2.45, 2.75) is 31.6 Å². The molecule has 2 aliphatic heterocycles. The van der Waals surface area contributed by atoms with Gasteiger partial charge in [-0.1, -0.05) is 12.1 Å². The zero-order valence-corrected chi connectivity index (χ0v) is 13.1. The van der Waals surface area contributed by atoms with Gasteiger partial charge in [-0.2, -0.15) is 5.10 Å². The maximum absolute atomic E-state index is 4.73. The Kier molecular flexibility index (Phi) is 3.58. The van der Waals surface area contributed by atoms with Gasteiger partial charge < -0.3 is 10.2 Å². The van der Waals surface area contributed by atoms with Crippen LogP contribution in [0.1, 0.15) is 41.5 Å². The molecule has 2 aromatic rings. The zero-order valence-electron chi connectivity index (χ0n) is 13.1. The van der Waals surface area contributed by atoms with Crippen LogP contribution in [0.15, 0.2) is 18.2 Å². The minimum Gasteiger partial charge on any atom is -0.374 e. The third-order valence-electron chi connectivity index (χ3n) is 4.90. The molecule has 1 aromatic carbocycles. The first kappa shape index (κ1) is 13.8. The monoisotopic (exact) mass is 297 g/mol. The third-order valence-corrected chi connectivity index (χ3v) is 4.90. The fourth-order valence-electron chi connectivity index (χ4n) is 3.58. The van der Waals surface area contributed by atoms with Crippen molar-refractivity contribution in [3.05, 3.63) is 41.0 Å². The van der Waals surface area contributed by atoms with Gasteiger partial charge in [-0.05, 0) is 49.5 Å². The Morgan fingerprint density at radius 3 is 3.00 bits per heavy atom. The molecule has 0 radical (unpaired) electrons. The van der Waals surface area contributed by atoms with E-state index in [1.165, 1.54) is 16.8 Å². The van der Waals surface area contributed by atoms with Crippen molar-refractivity contribution in [3.63, 3.8) is 0 Å². The predicted molar refractivity (Wildman–Crippen MR) is 87.4 cm³/mol. The molecule has 0 saturated carbocycles. The SMILES string of the molecule is CN1CCc2cc(Cc3nc(C4CCNCC4)n[nH]3)ccc21. The molecule has 0 bridgehead atoms. The van der Waals surface area contributed by atoms with Crippen LogP contribution in [0.3, 0.4) is 0 Å². The highest BCUT2D eigenvalue weighted by Gasteiger charge is 2.20. The number of aromatic nitrogens is 3. The van der Waals surface area contributed by atoms with Gasteiger partial charge in [0.15, 0.2) is 5.82 Å². The standard InChI is InChI=1S/C17H23N5/c1-22-9-6-14-10-12(2-3-15(14)22)11-16-19-17(21-20-16)13-4-7-18-8-5-13/h2-3,10,13,18H,4-9,11H2,1H3,(H,19,20,21). The van der Waals surface area contributed by atoms with E-state index in [1.807, 2.05) is 0 Å². The molecular weight excluding hydrogens is 274 g/mol. The lowest BCUT2D eigenvalue weighted by Crippen LogP contribution is -2.27. The molecule has 0 atom stereocenters. The molecule has 5 nitrogen and oxygen atoms in total. The molecule has 2 N–H and O–H groups in total. The topological polar surface area (TPSA) is 56.8 Å². The van der Waals surface area contributed by atoms with Gasteiger partial charge in [-0.3, -0.25) is 5.10 Å². The van der Waals surface area contributed by atoms with Crippen LogP contribution in [0, 0.1) is 0 Å². The van der Waals surface area contributed by atoms with Crippen LogP contribution >= 0.6 is 0 Å². The largest absolute Gasteiger partial charge is 0.374 e. The number of hydrogen-bond acceptors (Lipinski definition) is 4. The molecule has 22 heavy (non-hydrogen) atoms. The number of nitrogens with zero attached hydrogens (tertiary/aromatic N) is 3. The van der Waals surface area contributed by atoms with Crippen LogP contribution in [-0.4, -0.2) is 41.9 Å². The summed E-state index contributed by atoms with van der Waals surface area (Å²) in [6.45, 7) is 3.28. The van der Waals surface area contributed by atoms with Gasteiger partial charge in [0.05, 0.1) is 0 Å². The van der Waals surface area contributed by atoms with Gasteiger partial charge in [0, 0.05) is 31.6 Å². The molecule has 3 heterocycles. The van der Waals surface area contributed by atoms with Gasteiger partial charge in [0.1, 0.15) is 5.82 Å². The Morgan fingerprint density at radius 2 is 2.14 bits per heavy atom. The molecule has 0 unspecified atom stereocenters. The van der Waals surface area contributed by atoms with Crippen molar-refractivity contribution < 1.29 is 0 Å². The van der Waals surface area contributed by atoms with E-state index >= 15 is 0 Å². The Bertz CT molecular complexity index is 657. The van der Waals surface area contributed by atoms with E-state index in [2.05, 4.69) is 45.7 Å². The fourth-order valence-corrected chi connectivity index (χ4v) is 3.58. The third kappa shape index (κ3) is 2.61. The van der Waals surface area contributed by atoms with E-state index in [4.69, 9.17) is 4.98 Å². The summed E-state index contributed by atoms with van der Waals surface area (Å²) in [4.78, 5) is 7.06. The van der Waals surface area contributed by atoms with Gasteiger partial charge in [0.2, 0.25) is 0 Å². The molecule has 1 fully saturated rings. The van der Waals surface area contributed by atoms with Crippen molar-refractivity contribution in [2.75, 3.05) is 31.6 Å². The first-order valence-electron chi connectivity index (χ1n) is 8.24. The maximum Gasteiger partial charge on any atom is 0.153 e. The highest BCUT2D eigenvalue weighted by molar-refractivity contribution is 5.58. The Hall–Kier alpha value is -1.88. The minimum atomic E-state index is 0.514. The predicted octanol–water partition coefficient (Wildman–Crippen LogP) is 1.85. The van der Waals surface area contributed by atoms with Crippen molar-refractivity contribution >= 4 is 5.69 Å². The minimum absolute atomic E-state index is 0.514. The second-order valence-electron chi connectivity index (χ2n) is 6.48. The molecule has 2 aliphatic rings. The van der Waals surface area contributed by atoms with Crippen LogP contribution in [0.25, 0.3) is 0 Å². The highest BCUT2D eigenvalue weighted by atomic mass is 15.2. The summed E-state index contributed by atoms with van der Waals surface area (Å²) in [6.07, 6.45) is 4.27. The van der Waals surface area contributed by atoms with E-state index in [-0.39, 0.29) is 0 Å². The fraction of sp³-hybridized carbons (Fsp3) is 0.529. The number of rotatable bonds is 3. The second kappa shape index (κ2) is 5.72. The molecule has 0 amide bonds. The molecule has 0 spiro atoms. The van der Waals surface area contributed by atoms with Crippen LogP contribution < -0.4 is 10.2 Å². The van der Waals surface area contributed by atoms with Crippen molar-refractivity contribution in [3.8, 4) is 0 Å². The van der Waals surface area contributed by atoms with Gasteiger partial charge in [0.25, 0.3) is 0 Å². The molecule has 5 heteroatoms. The van der Waals surface area contributed by atoms with E-state index < -0.39 is 0 Å². The maximum atomic E-state index is 4.73. The van der Waals surface area contributed by atoms with E-state index in [0.717, 1.165) is 57.0 Å². The van der Waals surface area contributed by atoms with Gasteiger partial charge in [-0.25, -0.2) is 4.98 Å². The van der Waals surface area contributed by atoms with Crippen LogP contribution in [-0.2, 0) is 12.8 Å². The molecular formula is C17H23N5. The summed E-state index contributed by atoms with van der Waals surface area (Å²) < 4.78 is 0. The summed E-state index contributed by atoms with van der Waals surface area (Å²) in [5, 5.41) is 11.0. The highest BCUT2D eigenvalue weighted by Crippen LogP contribution is 2.28. The van der Waals surface area contributed by atoms with E-state index in [1.54, 1.807) is 0 Å². The lowest BCUT2D eigenvalue weighted by atomic mass is 9.98. The van der Waals surface area contributed by atoms with Crippen molar-refractivity contribution in [1.29, 1.82) is 0 Å². The second-order valence-corrected chi connectivity index (χ2v) is 6.48. The zero-order chi connectivity index (χ0) is 14.9. The molecule has 0 aliphatic carbocycles. The van der Waals surface area contributed by atoms with Crippen molar-refractivity contribution in [2.24, 2.45) is 0 Å². The summed E-state index contributed by atoms with van der Waals surface area (Å²) in [5.74, 6) is 2.50. The first-order valence-corrected chi connectivity index (χ1v) is 8.24. The number of likely N-dealkylation sites (N-methyl/N-ethyl adjacent to an activating group) is 1. The Labute approximate surface area is 131 Å². The molecule has 4 rings (SSSR count). The number of anilines is 1. The average molecular weight is 297 g/mol. The summed E-state index contributed by atoms with van der Waals surface area (Å²) in [7, 11) is 2.16. The lowest BCUT2D eigenvalue weighted by Gasteiger charge is -2.19. The van der Waals surface area contributed by atoms with E-state index in [0.29, 0.717) is 5.92 Å². The number of fused-ring (bicyclic) bond motifs is 1. The van der Waals surface area contributed by atoms with Crippen LogP contribution in [0.5, 0.6) is 0 Å². The number of nitrogens with one attached hydrogen (secondary N) is 2.